The molecule has 1 aliphatic rings. The maximum atomic E-state index is 10.9. The van der Waals surface area contributed by atoms with Crippen LogP contribution in [0.15, 0.2) is 36.5 Å². The van der Waals surface area contributed by atoms with Gasteiger partial charge >= 0.3 is 5.97 Å². The van der Waals surface area contributed by atoms with Gasteiger partial charge in [0, 0.05) is 6.20 Å². The normalized spacial score (nSPS) is 17.3. The maximum Gasteiger partial charge on any atom is 0.354 e. The Morgan fingerprint density at radius 3 is 3.00 bits per heavy atom. The quantitative estimate of drug-likeness (QED) is 0.896. The van der Waals surface area contributed by atoms with Crippen LogP contribution in [-0.2, 0) is 6.42 Å². The van der Waals surface area contributed by atoms with E-state index in [0.717, 1.165) is 19.3 Å². The number of aromatic nitrogens is 2. The minimum Gasteiger partial charge on any atom is -0.477 e. The van der Waals surface area contributed by atoms with Crippen LogP contribution < -0.4 is 5.32 Å². The summed E-state index contributed by atoms with van der Waals surface area (Å²) in [5.41, 5.74) is 2.60. The van der Waals surface area contributed by atoms with E-state index in [1.54, 1.807) is 0 Å². The van der Waals surface area contributed by atoms with Gasteiger partial charge in [-0.25, -0.2) is 14.8 Å². The van der Waals surface area contributed by atoms with E-state index in [0.29, 0.717) is 5.95 Å². The zero-order valence-electron chi connectivity index (χ0n) is 10.9. The van der Waals surface area contributed by atoms with Crippen molar-refractivity contribution >= 4 is 11.9 Å². The van der Waals surface area contributed by atoms with Gasteiger partial charge in [0.2, 0.25) is 5.95 Å². The summed E-state index contributed by atoms with van der Waals surface area (Å²) < 4.78 is 0. The van der Waals surface area contributed by atoms with E-state index >= 15 is 0 Å². The Morgan fingerprint density at radius 2 is 2.15 bits per heavy atom. The van der Waals surface area contributed by atoms with Crippen LogP contribution in [0.2, 0.25) is 0 Å². The second-order valence-electron chi connectivity index (χ2n) is 4.86. The van der Waals surface area contributed by atoms with Crippen LogP contribution >= 0.6 is 0 Å². The number of benzene rings is 1. The second-order valence-corrected chi connectivity index (χ2v) is 4.86. The summed E-state index contributed by atoms with van der Waals surface area (Å²) in [6, 6.07) is 9.84. The van der Waals surface area contributed by atoms with E-state index < -0.39 is 5.97 Å². The van der Waals surface area contributed by atoms with E-state index in [2.05, 4.69) is 27.4 Å². The lowest BCUT2D eigenvalue weighted by atomic mass is 9.88. The molecule has 0 aliphatic heterocycles. The largest absolute Gasteiger partial charge is 0.477 e. The van der Waals surface area contributed by atoms with Gasteiger partial charge in [0.1, 0.15) is 0 Å². The molecule has 3 rings (SSSR count). The Balaban J connectivity index is 1.85. The molecule has 5 heteroatoms. The number of hydrogen-bond donors (Lipinski definition) is 2. The van der Waals surface area contributed by atoms with Gasteiger partial charge in [0.15, 0.2) is 5.69 Å². The van der Waals surface area contributed by atoms with Gasteiger partial charge < -0.3 is 10.4 Å². The molecule has 0 radical (unpaired) electrons. The first-order chi connectivity index (χ1) is 9.74. The Morgan fingerprint density at radius 1 is 1.30 bits per heavy atom. The zero-order valence-corrected chi connectivity index (χ0v) is 10.9. The molecule has 1 atom stereocenters. The molecule has 1 aromatic carbocycles. The standard InChI is InChI=1S/C15H15N3O2/c19-14(20)13-8-9-16-15(18-13)17-12-7-3-5-10-4-1-2-6-11(10)12/h1-2,4,6,8-9,12H,3,5,7H2,(H,19,20)(H,16,17,18). The molecular weight excluding hydrogens is 254 g/mol. The predicted octanol–water partition coefficient (Wildman–Crippen LogP) is 2.66. The van der Waals surface area contributed by atoms with E-state index in [4.69, 9.17) is 5.11 Å². The average Bonchev–Trinajstić information content (AvgIpc) is 2.48. The lowest BCUT2D eigenvalue weighted by molar-refractivity contribution is 0.0690. The average molecular weight is 269 g/mol. The summed E-state index contributed by atoms with van der Waals surface area (Å²) in [6.45, 7) is 0. The molecular formula is C15H15N3O2. The van der Waals surface area contributed by atoms with Crippen molar-refractivity contribution in [2.45, 2.75) is 25.3 Å². The van der Waals surface area contributed by atoms with Gasteiger partial charge in [-0.3, -0.25) is 0 Å². The number of hydrogen-bond acceptors (Lipinski definition) is 4. The van der Waals surface area contributed by atoms with Crippen molar-refractivity contribution in [2.75, 3.05) is 5.32 Å². The van der Waals surface area contributed by atoms with Gasteiger partial charge in [-0.05, 0) is 36.5 Å². The van der Waals surface area contributed by atoms with E-state index in [-0.39, 0.29) is 11.7 Å². The van der Waals surface area contributed by atoms with Crippen LogP contribution in [0.3, 0.4) is 0 Å². The summed E-state index contributed by atoms with van der Waals surface area (Å²) in [5.74, 6) is -0.675. The Hall–Kier alpha value is -2.43. The highest BCUT2D eigenvalue weighted by atomic mass is 16.4. The van der Waals surface area contributed by atoms with Crippen LogP contribution in [0.1, 0.15) is 40.5 Å². The van der Waals surface area contributed by atoms with Crippen molar-refractivity contribution in [3.63, 3.8) is 0 Å². The fourth-order valence-corrected chi connectivity index (χ4v) is 2.61. The fourth-order valence-electron chi connectivity index (χ4n) is 2.61. The summed E-state index contributed by atoms with van der Waals surface area (Å²) in [7, 11) is 0. The van der Waals surface area contributed by atoms with Crippen LogP contribution in [0, 0.1) is 0 Å². The van der Waals surface area contributed by atoms with Crippen LogP contribution in [0.25, 0.3) is 0 Å². The van der Waals surface area contributed by atoms with Gasteiger partial charge in [-0.15, -0.1) is 0 Å². The first-order valence-corrected chi connectivity index (χ1v) is 6.65. The number of carboxylic acid groups (broad SMARTS) is 1. The molecule has 1 heterocycles. The lowest BCUT2D eigenvalue weighted by Gasteiger charge is -2.26. The highest BCUT2D eigenvalue weighted by molar-refractivity contribution is 5.85. The maximum absolute atomic E-state index is 10.9. The summed E-state index contributed by atoms with van der Waals surface area (Å²) in [5, 5.41) is 12.2. The smallest absolute Gasteiger partial charge is 0.354 e. The second kappa shape index (κ2) is 5.28. The number of rotatable bonds is 3. The Kier molecular flexibility index (Phi) is 3.33. The number of aryl methyl sites for hydroxylation is 1. The number of anilines is 1. The molecule has 2 N–H and O–H groups in total. The molecule has 0 saturated carbocycles. The predicted molar refractivity (Wildman–Crippen MR) is 74.7 cm³/mol. The van der Waals surface area contributed by atoms with Crippen molar-refractivity contribution in [2.24, 2.45) is 0 Å². The summed E-state index contributed by atoms with van der Waals surface area (Å²) in [4.78, 5) is 19.0. The fraction of sp³-hybridized carbons (Fsp3) is 0.267. The third kappa shape index (κ3) is 2.47. The number of fused-ring (bicyclic) bond motifs is 1. The minimum absolute atomic E-state index is 0.00611. The molecule has 0 spiro atoms. The van der Waals surface area contributed by atoms with E-state index in [9.17, 15) is 4.79 Å². The highest BCUT2D eigenvalue weighted by Crippen LogP contribution is 2.31. The molecule has 1 aliphatic carbocycles. The molecule has 0 saturated heterocycles. The Bertz CT molecular complexity index is 643. The number of nitrogens with one attached hydrogen (secondary N) is 1. The molecule has 0 fully saturated rings. The molecule has 0 amide bonds. The van der Waals surface area contributed by atoms with Crippen molar-refractivity contribution < 1.29 is 9.90 Å². The van der Waals surface area contributed by atoms with Crippen molar-refractivity contribution in [1.82, 2.24) is 9.97 Å². The van der Waals surface area contributed by atoms with Crippen LogP contribution in [0.5, 0.6) is 0 Å². The lowest BCUT2D eigenvalue weighted by Crippen LogP contribution is -2.19. The number of nitrogens with zero attached hydrogens (tertiary/aromatic N) is 2. The molecule has 20 heavy (non-hydrogen) atoms. The SMILES string of the molecule is O=C(O)c1ccnc(NC2CCCc3ccccc32)n1. The molecule has 1 aromatic heterocycles. The number of carboxylic acids is 1. The van der Waals surface area contributed by atoms with Crippen molar-refractivity contribution in [1.29, 1.82) is 0 Å². The minimum atomic E-state index is -1.04. The monoisotopic (exact) mass is 269 g/mol. The van der Waals surface area contributed by atoms with E-state index in [1.807, 2.05) is 12.1 Å². The Labute approximate surface area is 116 Å². The number of carbonyl (C=O) groups is 1. The third-order valence-electron chi connectivity index (χ3n) is 3.55. The number of aromatic carboxylic acids is 1. The van der Waals surface area contributed by atoms with Crippen LogP contribution in [0.4, 0.5) is 5.95 Å². The molecule has 5 nitrogen and oxygen atoms in total. The van der Waals surface area contributed by atoms with Crippen molar-refractivity contribution in [3.05, 3.63) is 53.3 Å². The van der Waals surface area contributed by atoms with Gasteiger partial charge in [0.05, 0.1) is 6.04 Å². The van der Waals surface area contributed by atoms with Gasteiger partial charge in [-0.1, -0.05) is 24.3 Å². The first-order valence-electron chi connectivity index (χ1n) is 6.65. The third-order valence-corrected chi connectivity index (χ3v) is 3.55. The van der Waals surface area contributed by atoms with Gasteiger partial charge in [0.25, 0.3) is 0 Å². The van der Waals surface area contributed by atoms with Gasteiger partial charge in [-0.2, -0.15) is 0 Å². The molecule has 102 valence electrons. The van der Waals surface area contributed by atoms with Crippen LogP contribution in [-0.4, -0.2) is 21.0 Å². The zero-order chi connectivity index (χ0) is 13.9. The topological polar surface area (TPSA) is 75.1 Å². The summed E-state index contributed by atoms with van der Waals surface area (Å²) >= 11 is 0. The van der Waals surface area contributed by atoms with E-state index in [1.165, 1.54) is 23.4 Å². The highest BCUT2D eigenvalue weighted by Gasteiger charge is 2.20. The summed E-state index contributed by atoms with van der Waals surface area (Å²) in [6.07, 6.45) is 4.66. The van der Waals surface area contributed by atoms with Crippen molar-refractivity contribution in [3.8, 4) is 0 Å². The molecule has 1 unspecified atom stereocenters. The first kappa shape index (κ1) is 12.6. The molecule has 2 aromatic rings. The molecule has 0 bridgehead atoms.